The second kappa shape index (κ2) is 7.41. The summed E-state index contributed by atoms with van der Waals surface area (Å²) in [6.45, 7) is 8.22. The Hall–Kier alpha value is -1.39. The van der Waals surface area contributed by atoms with Gasteiger partial charge < -0.3 is 9.67 Å². The van der Waals surface area contributed by atoms with Crippen LogP contribution in [0.5, 0.6) is 0 Å². The van der Waals surface area contributed by atoms with E-state index in [1.807, 2.05) is 18.2 Å². The topological polar surface area (TPSA) is 41.3 Å². The third-order valence-corrected chi connectivity index (χ3v) is 3.50. The molecule has 0 saturated carbocycles. The molecule has 0 aliphatic heterocycles. The first-order chi connectivity index (χ1) is 9.80. The molecule has 2 aromatic rings. The zero-order valence-corrected chi connectivity index (χ0v) is 12.5. The van der Waals surface area contributed by atoms with Gasteiger partial charge in [-0.2, -0.15) is 0 Å². The molecule has 0 aliphatic carbocycles. The fourth-order valence-corrected chi connectivity index (χ4v) is 2.70. The average Bonchev–Trinajstić information content (AvgIpc) is 2.78. The molecule has 110 valence electrons. The smallest absolute Gasteiger partial charge is 0.124 e. The maximum atomic E-state index is 9.30. The van der Waals surface area contributed by atoms with Crippen LogP contribution >= 0.6 is 0 Å². The Morgan fingerprint density at radius 3 is 2.50 bits per heavy atom. The van der Waals surface area contributed by atoms with Gasteiger partial charge in [0, 0.05) is 6.54 Å². The summed E-state index contributed by atoms with van der Waals surface area (Å²) in [4.78, 5) is 7.19. The van der Waals surface area contributed by atoms with Gasteiger partial charge in [0.2, 0.25) is 0 Å². The zero-order valence-electron chi connectivity index (χ0n) is 12.5. The van der Waals surface area contributed by atoms with E-state index in [1.165, 1.54) is 0 Å². The molecule has 0 atom stereocenters. The van der Waals surface area contributed by atoms with Crippen molar-refractivity contribution in [1.29, 1.82) is 0 Å². The maximum Gasteiger partial charge on any atom is 0.124 e. The molecule has 4 nitrogen and oxygen atoms in total. The van der Waals surface area contributed by atoms with Gasteiger partial charge in [0.15, 0.2) is 0 Å². The van der Waals surface area contributed by atoms with Crippen molar-refractivity contribution < 1.29 is 5.11 Å². The quantitative estimate of drug-likeness (QED) is 0.805. The highest BCUT2D eigenvalue weighted by atomic mass is 16.3. The number of hydrogen-bond donors (Lipinski definition) is 1. The van der Waals surface area contributed by atoms with Crippen molar-refractivity contribution in [2.45, 2.75) is 39.8 Å². The van der Waals surface area contributed by atoms with Crippen LogP contribution in [-0.2, 0) is 13.1 Å². The fourth-order valence-electron chi connectivity index (χ4n) is 2.70. The molecule has 2 rings (SSSR count). The van der Waals surface area contributed by atoms with E-state index in [0.29, 0.717) is 6.54 Å². The molecular formula is C16H25N3O. The summed E-state index contributed by atoms with van der Waals surface area (Å²) in [5.41, 5.74) is 2.13. The number of aliphatic hydroxyl groups is 1. The number of aromatic nitrogens is 2. The Labute approximate surface area is 121 Å². The first-order valence-electron chi connectivity index (χ1n) is 7.57. The monoisotopic (exact) mass is 275 g/mol. The minimum Gasteiger partial charge on any atom is -0.395 e. The summed E-state index contributed by atoms with van der Waals surface area (Å²) in [5, 5.41) is 9.30. The van der Waals surface area contributed by atoms with Crippen molar-refractivity contribution in [3.05, 3.63) is 30.1 Å². The van der Waals surface area contributed by atoms with Crippen LogP contribution in [0.1, 0.15) is 32.5 Å². The highest BCUT2D eigenvalue weighted by Gasteiger charge is 2.13. The van der Waals surface area contributed by atoms with Gasteiger partial charge in [-0.25, -0.2) is 4.98 Å². The molecular weight excluding hydrogens is 250 g/mol. The van der Waals surface area contributed by atoms with Gasteiger partial charge in [0.05, 0.1) is 24.2 Å². The van der Waals surface area contributed by atoms with Crippen molar-refractivity contribution in [1.82, 2.24) is 14.5 Å². The van der Waals surface area contributed by atoms with E-state index >= 15 is 0 Å². The van der Waals surface area contributed by atoms with Gasteiger partial charge >= 0.3 is 0 Å². The van der Waals surface area contributed by atoms with Crippen LogP contribution in [0.4, 0.5) is 0 Å². The van der Waals surface area contributed by atoms with Crippen LogP contribution in [-0.4, -0.2) is 39.3 Å². The number of rotatable bonds is 8. The number of hydrogen-bond acceptors (Lipinski definition) is 3. The first-order valence-corrected chi connectivity index (χ1v) is 7.57. The van der Waals surface area contributed by atoms with Crippen LogP contribution in [0.25, 0.3) is 11.0 Å². The van der Waals surface area contributed by atoms with Crippen LogP contribution in [0.15, 0.2) is 24.3 Å². The standard InChI is InChI=1S/C16H25N3O/c1-3-9-18(10-4-2)13-16-17-14-7-5-6-8-15(14)19(16)11-12-20/h5-8,20H,3-4,9-13H2,1-2H3. The van der Waals surface area contributed by atoms with Gasteiger partial charge in [-0.05, 0) is 38.1 Å². The van der Waals surface area contributed by atoms with Gasteiger partial charge in [-0.1, -0.05) is 26.0 Å². The molecule has 0 spiro atoms. The number of nitrogens with zero attached hydrogens (tertiary/aromatic N) is 3. The van der Waals surface area contributed by atoms with Crippen LogP contribution < -0.4 is 0 Å². The molecule has 1 aromatic heterocycles. The number of imidazole rings is 1. The molecule has 0 unspecified atom stereocenters. The Morgan fingerprint density at radius 2 is 1.85 bits per heavy atom. The lowest BCUT2D eigenvalue weighted by atomic mass is 10.3. The van der Waals surface area contributed by atoms with Crippen molar-refractivity contribution in [3.63, 3.8) is 0 Å². The minimum absolute atomic E-state index is 0.148. The van der Waals surface area contributed by atoms with Crippen molar-refractivity contribution in [2.75, 3.05) is 19.7 Å². The minimum atomic E-state index is 0.148. The molecule has 0 saturated heterocycles. The second-order valence-corrected chi connectivity index (χ2v) is 5.17. The third-order valence-electron chi connectivity index (χ3n) is 3.50. The molecule has 0 amide bonds. The van der Waals surface area contributed by atoms with E-state index < -0.39 is 0 Å². The molecule has 20 heavy (non-hydrogen) atoms. The van der Waals surface area contributed by atoms with Gasteiger partial charge in [-0.3, -0.25) is 4.90 Å². The highest BCUT2D eigenvalue weighted by molar-refractivity contribution is 5.75. The first kappa shape index (κ1) is 15.0. The fraction of sp³-hybridized carbons (Fsp3) is 0.562. The highest BCUT2D eigenvalue weighted by Crippen LogP contribution is 2.17. The van der Waals surface area contributed by atoms with E-state index in [-0.39, 0.29) is 6.61 Å². The lowest BCUT2D eigenvalue weighted by Gasteiger charge is -2.21. The van der Waals surface area contributed by atoms with E-state index in [1.54, 1.807) is 0 Å². The maximum absolute atomic E-state index is 9.30. The van der Waals surface area contributed by atoms with Gasteiger partial charge in [0.1, 0.15) is 5.82 Å². The van der Waals surface area contributed by atoms with E-state index in [9.17, 15) is 5.11 Å². The number of fused-ring (bicyclic) bond motifs is 1. The summed E-state index contributed by atoms with van der Waals surface area (Å²) in [5.74, 6) is 1.06. The predicted octanol–water partition coefficient (Wildman–Crippen LogP) is 2.65. The lowest BCUT2D eigenvalue weighted by molar-refractivity contribution is 0.246. The molecule has 1 N–H and O–H groups in total. The van der Waals surface area contributed by atoms with Crippen LogP contribution in [0.2, 0.25) is 0 Å². The van der Waals surface area contributed by atoms with Crippen molar-refractivity contribution in [2.24, 2.45) is 0 Å². The third kappa shape index (κ3) is 3.38. The van der Waals surface area contributed by atoms with E-state index in [0.717, 1.165) is 49.3 Å². The van der Waals surface area contributed by atoms with E-state index in [4.69, 9.17) is 4.98 Å². The molecule has 1 heterocycles. The van der Waals surface area contributed by atoms with Gasteiger partial charge in [0.25, 0.3) is 0 Å². The Morgan fingerprint density at radius 1 is 1.15 bits per heavy atom. The molecule has 0 aliphatic rings. The average molecular weight is 275 g/mol. The summed E-state index contributed by atoms with van der Waals surface area (Å²) in [6, 6.07) is 8.15. The summed E-state index contributed by atoms with van der Waals surface area (Å²) in [7, 11) is 0. The summed E-state index contributed by atoms with van der Waals surface area (Å²) in [6.07, 6.45) is 2.31. The zero-order chi connectivity index (χ0) is 14.4. The van der Waals surface area contributed by atoms with Gasteiger partial charge in [-0.15, -0.1) is 0 Å². The number of aliphatic hydroxyl groups excluding tert-OH is 1. The largest absolute Gasteiger partial charge is 0.395 e. The van der Waals surface area contributed by atoms with Crippen LogP contribution in [0.3, 0.4) is 0 Å². The second-order valence-electron chi connectivity index (χ2n) is 5.17. The molecule has 4 heteroatoms. The molecule has 0 bridgehead atoms. The molecule has 1 aromatic carbocycles. The normalized spacial score (nSPS) is 11.6. The van der Waals surface area contributed by atoms with Crippen LogP contribution in [0, 0.1) is 0 Å². The summed E-state index contributed by atoms with van der Waals surface area (Å²) < 4.78 is 2.15. The Balaban J connectivity index is 2.29. The lowest BCUT2D eigenvalue weighted by Crippen LogP contribution is -2.27. The Kier molecular flexibility index (Phi) is 5.56. The number of para-hydroxylation sites is 2. The van der Waals surface area contributed by atoms with E-state index in [2.05, 4.69) is 29.4 Å². The predicted molar refractivity (Wildman–Crippen MR) is 82.7 cm³/mol. The van der Waals surface area contributed by atoms with Crippen molar-refractivity contribution in [3.8, 4) is 0 Å². The SMILES string of the molecule is CCCN(CCC)Cc1nc2ccccc2n1CCO. The number of benzene rings is 1. The Bertz CT molecular complexity index is 530. The van der Waals surface area contributed by atoms with Crippen molar-refractivity contribution >= 4 is 11.0 Å². The molecule has 0 radical (unpaired) electrons. The molecule has 0 fully saturated rings. The summed E-state index contributed by atoms with van der Waals surface area (Å²) >= 11 is 0.